The van der Waals surface area contributed by atoms with Crippen LogP contribution in [0.25, 0.3) is 22.7 Å². The number of nitrogens with two attached hydrogens (primary N) is 1. The van der Waals surface area contributed by atoms with Crippen LogP contribution in [-0.2, 0) is 4.74 Å². The van der Waals surface area contributed by atoms with Crippen LogP contribution in [0.15, 0.2) is 28.7 Å². The Labute approximate surface area is 155 Å². The van der Waals surface area contributed by atoms with Crippen LogP contribution < -0.4 is 10.6 Å². The average molecular weight is 372 g/mol. The molecule has 1 fully saturated rings. The first-order valence-corrected chi connectivity index (χ1v) is 8.80. The molecule has 1 saturated heterocycles. The summed E-state index contributed by atoms with van der Waals surface area (Å²) in [5, 5.41) is 0. The maximum Gasteiger partial charge on any atom is 0.254 e. The number of ether oxygens (including phenoxy) is 1. The molecule has 1 aliphatic rings. The van der Waals surface area contributed by atoms with E-state index in [9.17, 15) is 4.39 Å². The van der Waals surface area contributed by atoms with E-state index in [1.807, 2.05) is 0 Å². The normalized spacial score (nSPS) is 15.6. The number of anilines is 2. The highest BCUT2D eigenvalue weighted by atomic mass is 19.1. The molecule has 3 heterocycles. The molecule has 0 amide bonds. The van der Waals surface area contributed by atoms with Crippen LogP contribution in [0.2, 0.25) is 0 Å². The first-order valence-electron chi connectivity index (χ1n) is 8.80. The lowest BCUT2D eigenvalue weighted by Gasteiger charge is -2.35. The predicted molar refractivity (Wildman–Crippen MR) is 99.9 cm³/mol. The van der Waals surface area contributed by atoms with E-state index in [4.69, 9.17) is 14.9 Å². The Morgan fingerprint density at radius 1 is 1.11 bits per heavy atom. The molecular formula is C18H21FN6O2. The lowest BCUT2D eigenvalue weighted by molar-refractivity contribution is 0.144. The summed E-state index contributed by atoms with van der Waals surface area (Å²) in [4.78, 5) is 17.6. The van der Waals surface area contributed by atoms with Gasteiger partial charge in [0.15, 0.2) is 11.3 Å². The zero-order valence-electron chi connectivity index (χ0n) is 15.1. The monoisotopic (exact) mass is 372 g/mol. The van der Waals surface area contributed by atoms with Crippen LogP contribution in [0.5, 0.6) is 0 Å². The van der Waals surface area contributed by atoms with E-state index in [1.165, 1.54) is 12.1 Å². The molecule has 0 unspecified atom stereocenters. The Kier molecular flexibility index (Phi) is 4.87. The summed E-state index contributed by atoms with van der Waals surface area (Å²) in [5.74, 6) is 0.859. The topological polar surface area (TPSA) is 93.5 Å². The largest absolute Gasteiger partial charge is 0.417 e. The molecule has 142 valence electrons. The third-order valence-corrected chi connectivity index (χ3v) is 4.63. The minimum atomic E-state index is -0.314. The molecular weight excluding hydrogens is 351 g/mol. The third-order valence-electron chi connectivity index (χ3n) is 4.63. The Morgan fingerprint density at radius 3 is 2.56 bits per heavy atom. The summed E-state index contributed by atoms with van der Waals surface area (Å²) < 4.78 is 24.1. The summed E-state index contributed by atoms with van der Waals surface area (Å²) >= 11 is 0. The number of piperazine rings is 1. The maximum absolute atomic E-state index is 13.2. The molecule has 0 aliphatic carbocycles. The average Bonchev–Trinajstić information content (AvgIpc) is 3.10. The molecule has 0 bridgehead atoms. The Hall–Kier alpha value is -2.78. The first kappa shape index (κ1) is 17.6. The highest BCUT2D eigenvalue weighted by Gasteiger charge is 2.23. The van der Waals surface area contributed by atoms with Gasteiger partial charge in [0.05, 0.1) is 6.61 Å². The van der Waals surface area contributed by atoms with E-state index >= 15 is 0 Å². The number of methoxy groups -OCH3 is 1. The number of nitrogens with zero attached hydrogens (tertiary/aromatic N) is 5. The quantitative estimate of drug-likeness (QED) is 0.724. The molecule has 0 saturated carbocycles. The van der Waals surface area contributed by atoms with Gasteiger partial charge in [-0.2, -0.15) is 9.97 Å². The molecule has 3 aromatic rings. The van der Waals surface area contributed by atoms with Gasteiger partial charge < -0.3 is 19.8 Å². The van der Waals surface area contributed by atoms with Crippen molar-refractivity contribution in [2.24, 2.45) is 0 Å². The van der Waals surface area contributed by atoms with Gasteiger partial charge in [0.2, 0.25) is 11.8 Å². The van der Waals surface area contributed by atoms with Crippen LogP contribution in [0, 0.1) is 5.82 Å². The van der Waals surface area contributed by atoms with Crippen molar-refractivity contribution in [3.63, 3.8) is 0 Å². The second-order valence-corrected chi connectivity index (χ2v) is 6.41. The van der Waals surface area contributed by atoms with Crippen molar-refractivity contribution in [3.05, 3.63) is 30.1 Å². The number of hydrogen-bond acceptors (Lipinski definition) is 8. The summed E-state index contributed by atoms with van der Waals surface area (Å²) in [5.41, 5.74) is 7.44. The molecule has 1 aromatic carbocycles. The Bertz CT molecular complexity index is 921. The van der Waals surface area contributed by atoms with Gasteiger partial charge in [-0.05, 0) is 24.3 Å². The second kappa shape index (κ2) is 7.45. The molecule has 0 atom stereocenters. The van der Waals surface area contributed by atoms with E-state index < -0.39 is 0 Å². The van der Waals surface area contributed by atoms with Crippen LogP contribution in [0.3, 0.4) is 0 Å². The van der Waals surface area contributed by atoms with Crippen molar-refractivity contribution >= 4 is 23.0 Å². The Balaban J connectivity index is 1.62. The van der Waals surface area contributed by atoms with Gasteiger partial charge in [0, 0.05) is 45.4 Å². The molecule has 8 nitrogen and oxygen atoms in total. The van der Waals surface area contributed by atoms with E-state index in [0.717, 1.165) is 39.3 Å². The summed E-state index contributed by atoms with van der Waals surface area (Å²) in [7, 11) is 1.71. The lowest BCUT2D eigenvalue weighted by Crippen LogP contribution is -2.47. The van der Waals surface area contributed by atoms with Gasteiger partial charge in [-0.1, -0.05) is 0 Å². The van der Waals surface area contributed by atoms with Gasteiger partial charge >= 0.3 is 0 Å². The van der Waals surface area contributed by atoms with Crippen LogP contribution in [0.4, 0.5) is 16.2 Å². The summed E-state index contributed by atoms with van der Waals surface area (Å²) in [6, 6.07) is 5.96. The third kappa shape index (κ3) is 3.69. The maximum atomic E-state index is 13.2. The van der Waals surface area contributed by atoms with Crippen LogP contribution in [-0.4, -0.2) is 66.3 Å². The van der Waals surface area contributed by atoms with E-state index in [0.29, 0.717) is 28.5 Å². The van der Waals surface area contributed by atoms with Gasteiger partial charge in [-0.15, -0.1) is 0 Å². The predicted octanol–water partition coefficient (Wildman–Crippen LogP) is 1.77. The van der Waals surface area contributed by atoms with Crippen molar-refractivity contribution in [2.45, 2.75) is 0 Å². The molecule has 2 N–H and O–H groups in total. The summed E-state index contributed by atoms with van der Waals surface area (Å²) in [6.45, 7) is 5.02. The fraction of sp³-hybridized carbons (Fsp3) is 0.389. The number of rotatable bonds is 5. The van der Waals surface area contributed by atoms with Crippen molar-refractivity contribution in [1.82, 2.24) is 19.9 Å². The lowest BCUT2D eigenvalue weighted by atomic mass is 10.2. The van der Waals surface area contributed by atoms with Crippen LogP contribution >= 0.6 is 0 Å². The Morgan fingerprint density at radius 2 is 1.85 bits per heavy atom. The fourth-order valence-electron chi connectivity index (χ4n) is 3.16. The van der Waals surface area contributed by atoms with Crippen molar-refractivity contribution < 1.29 is 13.5 Å². The van der Waals surface area contributed by atoms with Crippen LogP contribution in [0.1, 0.15) is 0 Å². The number of nitrogen functional groups attached to an aromatic ring is 1. The number of benzene rings is 1. The van der Waals surface area contributed by atoms with Gasteiger partial charge in [-0.25, -0.2) is 9.37 Å². The minimum Gasteiger partial charge on any atom is -0.417 e. The first-order chi connectivity index (χ1) is 13.1. The van der Waals surface area contributed by atoms with E-state index in [2.05, 4.69) is 24.8 Å². The molecule has 1 aliphatic heterocycles. The highest BCUT2D eigenvalue weighted by molar-refractivity contribution is 5.85. The zero-order valence-corrected chi connectivity index (χ0v) is 15.1. The molecule has 0 spiro atoms. The number of fused-ring (bicyclic) bond motifs is 1. The van der Waals surface area contributed by atoms with E-state index in [-0.39, 0.29) is 11.8 Å². The highest BCUT2D eigenvalue weighted by Crippen LogP contribution is 2.29. The van der Waals surface area contributed by atoms with Crippen molar-refractivity contribution in [3.8, 4) is 11.5 Å². The number of oxazole rings is 1. The molecule has 0 radical (unpaired) electrons. The second-order valence-electron chi connectivity index (χ2n) is 6.41. The molecule has 2 aromatic heterocycles. The molecule has 27 heavy (non-hydrogen) atoms. The van der Waals surface area contributed by atoms with Gasteiger partial charge in [0.1, 0.15) is 5.82 Å². The summed E-state index contributed by atoms with van der Waals surface area (Å²) in [6.07, 6.45) is 0. The van der Waals surface area contributed by atoms with Crippen molar-refractivity contribution in [2.75, 3.05) is 57.1 Å². The smallest absolute Gasteiger partial charge is 0.254 e. The van der Waals surface area contributed by atoms with Crippen molar-refractivity contribution in [1.29, 1.82) is 0 Å². The number of halogens is 1. The fourth-order valence-corrected chi connectivity index (χ4v) is 3.16. The number of aromatic nitrogens is 3. The minimum absolute atomic E-state index is 0.140. The SMILES string of the molecule is COCCN1CCN(c2nc(N)nc3oc(-c4ccc(F)cc4)nc23)CC1. The zero-order chi connectivity index (χ0) is 18.8. The van der Waals surface area contributed by atoms with Gasteiger partial charge in [-0.3, -0.25) is 4.90 Å². The molecule has 9 heteroatoms. The number of hydrogen-bond donors (Lipinski definition) is 1. The standard InChI is InChI=1S/C18H21FN6O2/c1-26-11-10-24-6-8-25(9-7-24)15-14-17(23-18(20)22-15)27-16(21-14)12-2-4-13(19)5-3-12/h2-5H,6-11H2,1H3,(H2,20,22,23). The molecule has 4 rings (SSSR count). The van der Waals surface area contributed by atoms with Gasteiger partial charge in [0.25, 0.3) is 5.71 Å². The van der Waals surface area contributed by atoms with E-state index in [1.54, 1.807) is 19.2 Å².